The summed E-state index contributed by atoms with van der Waals surface area (Å²) >= 11 is 1.35. The summed E-state index contributed by atoms with van der Waals surface area (Å²) in [4.78, 5) is 12.7. The molecule has 0 spiro atoms. The van der Waals surface area contributed by atoms with Crippen molar-refractivity contribution < 1.29 is 18.0 Å². The zero-order valence-electron chi connectivity index (χ0n) is 12.4. The first-order chi connectivity index (χ1) is 10.9. The summed E-state index contributed by atoms with van der Waals surface area (Å²) in [6.45, 7) is 2.22. The van der Waals surface area contributed by atoms with E-state index >= 15 is 0 Å². The molecular formula is C14H15F3N4OS. The van der Waals surface area contributed by atoms with Gasteiger partial charge in [0, 0.05) is 13.0 Å². The number of fused-ring (bicyclic) bond motifs is 1. The Morgan fingerprint density at radius 1 is 1.48 bits per heavy atom. The van der Waals surface area contributed by atoms with Crippen molar-refractivity contribution in [3.63, 3.8) is 0 Å². The molecule has 0 fully saturated rings. The monoisotopic (exact) mass is 344 g/mol. The molecular weight excluding hydrogens is 329 g/mol. The van der Waals surface area contributed by atoms with Gasteiger partial charge in [0.1, 0.15) is 5.82 Å². The summed E-state index contributed by atoms with van der Waals surface area (Å²) in [7, 11) is 0. The van der Waals surface area contributed by atoms with E-state index in [1.54, 1.807) is 4.57 Å². The first-order valence-corrected chi connectivity index (χ1v) is 8.04. The zero-order valence-corrected chi connectivity index (χ0v) is 13.2. The quantitative estimate of drug-likeness (QED) is 0.931. The number of hydrogen-bond donors (Lipinski definition) is 1. The van der Waals surface area contributed by atoms with Crippen molar-refractivity contribution in [1.29, 1.82) is 0 Å². The van der Waals surface area contributed by atoms with Crippen LogP contribution in [0.2, 0.25) is 0 Å². The Kier molecular flexibility index (Phi) is 4.13. The van der Waals surface area contributed by atoms with Gasteiger partial charge in [-0.3, -0.25) is 4.79 Å². The van der Waals surface area contributed by atoms with Crippen LogP contribution in [-0.2, 0) is 19.5 Å². The molecule has 23 heavy (non-hydrogen) atoms. The highest BCUT2D eigenvalue weighted by molar-refractivity contribution is 7.12. The van der Waals surface area contributed by atoms with E-state index in [9.17, 15) is 18.0 Å². The maximum absolute atomic E-state index is 12.8. The average Bonchev–Trinajstić information content (AvgIpc) is 3.09. The molecule has 1 aliphatic heterocycles. The molecule has 1 aliphatic rings. The SMILES string of the molecule is Cc1ccsc1C(=O)NCc1nnc2n1CCC(C(F)(F)F)C2. The average molecular weight is 344 g/mol. The molecule has 0 saturated heterocycles. The number of aromatic nitrogens is 3. The number of carbonyl (C=O) groups excluding carboxylic acids is 1. The fourth-order valence-corrected chi connectivity index (χ4v) is 3.49. The second-order valence-corrected chi connectivity index (χ2v) is 6.45. The van der Waals surface area contributed by atoms with Crippen molar-refractivity contribution in [2.45, 2.75) is 39.0 Å². The van der Waals surface area contributed by atoms with Crippen LogP contribution in [0.4, 0.5) is 13.2 Å². The Labute approximate surface area is 134 Å². The topological polar surface area (TPSA) is 59.8 Å². The molecule has 1 atom stereocenters. The van der Waals surface area contributed by atoms with Crippen LogP contribution in [0.1, 0.15) is 33.3 Å². The Hall–Kier alpha value is -1.90. The summed E-state index contributed by atoms with van der Waals surface area (Å²) in [5, 5.41) is 12.3. The van der Waals surface area contributed by atoms with Gasteiger partial charge in [-0.15, -0.1) is 21.5 Å². The van der Waals surface area contributed by atoms with Crippen LogP contribution in [0.5, 0.6) is 0 Å². The second-order valence-electron chi connectivity index (χ2n) is 5.53. The number of alkyl halides is 3. The molecule has 0 saturated carbocycles. The fraction of sp³-hybridized carbons (Fsp3) is 0.500. The molecule has 2 aromatic heterocycles. The summed E-state index contributed by atoms with van der Waals surface area (Å²) in [5.74, 6) is -0.757. The van der Waals surface area contributed by atoms with E-state index in [-0.39, 0.29) is 31.8 Å². The molecule has 1 amide bonds. The third-order valence-electron chi connectivity index (χ3n) is 3.97. The first-order valence-electron chi connectivity index (χ1n) is 7.16. The molecule has 0 aliphatic carbocycles. The van der Waals surface area contributed by atoms with Gasteiger partial charge < -0.3 is 9.88 Å². The lowest BCUT2D eigenvalue weighted by Crippen LogP contribution is -2.32. The van der Waals surface area contributed by atoms with Crippen LogP contribution >= 0.6 is 11.3 Å². The highest BCUT2D eigenvalue weighted by atomic mass is 32.1. The van der Waals surface area contributed by atoms with Crippen molar-refractivity contribution in [3.05, 3.63) is 33.5 Å². The maximum Gasteiger partial charge on any atom is 0.392 e. The van der Waals surface area contributed by atoms with Crippen LogP contribution in [0.3, 0.4) is 0 Å². The minimum atomic E-state index is -4.21. The lowest BCUT2D eigenvalue weighted by Gasteiger charge is -2.25. The van der Waals surface area contributed by atoms with Crippen LogP contribution < -0.4 is 5.32 Å². The Morgan fingerprint density at radius 3 is 2.91 bits per heavy atom. The number of rotatable bonds is 3. The Bertz CT molecular complexity index is 722. The molecule has 3 rings (SSSR count). The van der Waals surface area contributed by atoms with Gasteiger partial charge >= 0.3 is 6.18 Å². The third kappa shape index (κ3) is 3.24. The van der Waals surface area contributed by atoms with Crippen molar-refractivity contribution >= 4 is 17.2 Å². The van der Waals surface area contributed by atoms with E-state index in [2.05, 4.69) is 15.5 Å². The minimum absolute atomic E-state index is 0.0134. The standard InChI is InChI=1S/C14H15F3N4OS/c1-8-3-5-23-12(8)13(22)18-7-11-20-19-10-6-9(14(15,16)17)2-4-21(10)11/h3,5,9H,2,4,6-7H2,1H3,(H,18,22). The summed E-state index contributed by atoms with van der Waals surface area (Å²) in [6.07, 6.45) is -4.35. The normalized spacial score (nSPS) is 17.8. The summed E-state index contributed by atoms with van der Waals surface area (Å²) in [5.41, 5.74) is 0.892. The van der Waals surface area contributed by atoms with E-state index in [0.717, 1.165) is 5.56 Å². The van der Waals surface area contributed by atoms with Gasteiger partial charge in [-0.25, -0.2) is 0 Å². The van der Waals surface area contributed by atoms with Crippen molar-refractivity contribution in [3.8, 4) is 0 Å². The first kappa shape index (κ1) is 16.0. The summed E-state index contributed by atoms with van der Waals surface area (Å²) in [6, 6.07) is 1.86. The third-order valence-corrected chi connectivity index (χ3v) is 4.99. The summed E-state index contributed by atoms with van der Waals surface area (Å²) < 4.78 is 40.0. The number of thiophene rings is 1. The van der Waals surface area contributed by atoms with Crippen LogP contribution in [0.25, 0.3) is 0 Å². The molecule has 0 aromatic carbocycles. The van der Waals surface area contributed by atoms with E-state index in [4.69, 9.17) is 0 Å². The van der Waals surface area contributed by atoms with Gasteiger partial charge in [0.15, 0.2) is 5.82 Å². The van der Waals surface area contributed by atoms with Gasteiger partial charge in [-0.05, 0) is 30.4 Å². The van der Waals surface area contributed by atoms with E-state index in [1.807, 2.05) is 18.4 Å². The predicted octanol–water partition coefficient (Wildman–Crippen LogP) is 2.70. The number of nitrogens with one attached hydrogen (secondary N) is 1. The van der Waals surface area contributed by atoms with Gasteiger partial charge in [-0.2, -0.15) is 13.2 Å². The molecule has 0 bridgehead atoms. The number of aryl methyl sites for hydroxylation is 1. The van der Waals surface area contributed by atoms with Crippen LogP contribution in [-0.4, -0.2) is 26.8 Å². The number of carbonyl (C=O) groups is 1. The highest BCUT2D eigenvalue weighted by Crippen LogP contribution is 2.34. The van der Waals surface area contributed by atoms with Gasteiger partial charge in [0.05, 0.1) is 17.3 Å². The molecule has 1 unspecified atom stereocenters. The second kappa shape index (κ2) is 5.95. The van der Waals surface area contributed by atoms with Crippen LogP contribution in [0.15, 0.2) is 11.4 Å². The molecule has 5 nitrogen and oxygen atoms in total. The highest BCUT2D eigenvalue weighted by Gasteiger charge is 2.42. The molecule has 3 heterocycles. The smallest absolute Gasteiger partial charge is 0.344 e. The molecule has 124 valence electrons. The number of amides is 1. The molecule has 0 radical (unpaired) electrons. The van der Waals surface area contributed by atoms with E-state index in [0.29, 0.717) is 16.5 Å². The lowest BCUT2D eigenvalue weighted by atomic mass is 9.97. The lowest BCUT2D eigenvalue weighted by molar-refractivity contribution is -0.179. The van der Waals surface area contributed by atoms with Crippen molar-refractivity contribution in [2.24, 2.45) is 5.92 Å². The Morgan fingerprint density at radius 2 is 2.26 bits per heavy atom. The van der Waals surface area contributed by atoms with Gasteiger partial charge in [0.25, 0.3) is 5.91 Å². The fourth-order valence-electron chi connectivity index (χ4n) is 2.64. The zero-order chi connectivity index (χ0) is 16.6. The predicted molar refractivity (Wildman–Crippen MR) is 78.1 cm³/mol. The number of nitrogens with zero attached hydrogens (tertiary/aromatic N) is 3. The Balaban J connectivity index is 1.66. The minimum Gasteiger partial charge on any atom is -0.344 e. The number of hydrogen-bond acceptors (Lipinski definition) is 4. The maximum atomic E-state index is 12.8. The molecule has 1 N–H and O–H groups in total. The largest absolute Gasteiger partial charge is 0.392 e. The molecule has 2 aromatic rings. The van der Waals surface area contributed by atoms with Gasteiger partial charge in [0.2, 0.25) is 0 Å². The van der Waals surface area contributed by atoms with E-state index < -0.39 is 12.1 Å². The van der Waals surface area contributed by atoms with Crippen molar-refractivity contribution in [1.82, 2.24) is 20.1 Å². The van der Waals surface area contributed by atoms with Gasteiger partial charge in [-0.1, -0.05) is 0 Å². The van der Waals surface area contributed by atoms with Crippen LogP contribution in [0, 0.1) is 12.8 Å². The van der Waals surface area contributed by atoms with Crippen molar-refractivity contribution in [2.75, 3.05) is 0 Å². The van der Waals surface area contributed by atoms with E-state index in [1.165, 1.54) is 11.3 Å². The number of halogens is 3. The molecule has 9 heteroatoms.